The van der Waals surface area contributed by atoms with Crippen molar-refractivity contribution in [3.8, 4) is 5.75 Å². The van der Waals surface area contributed by atoms with Crippen LogP contribution in [0.15, 0.2) is 24.3 Å². The zero-order valence-corrected chi connectivity index (χ0v) is 15.0. The number of amides is 1. The minimum absolute atomic E-state index is 0.139. The number of likely N-dealkylation sites (tertiary alicyclic amines) is 1. The number of benzene rings is 1. The summed E-state index contributed by atoms with van der Waals surface area (Å²) in [5, 5.41) is 17.9. The average Bonchev–Trinajstić information content (AvgIpc) is 3.17. The van der Waals surface area contributed by atoms with E-state index in [1.807, 2.05) is 45.0 Å². The van der Waals surface area contributed by atoms with E-state index in [-0.39, 0.29) is 19.1 Å². The van der Waals surface area contributed by atoms with Crippen molar-refractivity contribution in [3.05, 3.63) is 46.8 Å². The Kier molecular flexibility index (Phi) is 4.81. The number of aromatic amines is 1. The summed E-state index contributed by atoms with van der Waals surface area (Å²) < 4.78 is 5.79. The van der Waals surface area contributed by atoms with E-state index in [2.05, 4.69) is 10.2 Å². The van der Waals surface area contributed by atoms with Crippen molar-refractivity contribution in [2.24, 2.45) is 0 Å². The van der Waals surface area contributed by atoms with Gasteiger partial charge >= 0.3 is 0 Å². The minimum Gasteiger partial charge on any atom is -0.490 e. The average molecular weight is 343 g/mol. The fourth-order valence-electron chi connectivity index (χ4n) is 3.21. The minimum atomic E-state index is -1.03. The van der Waals surface area contributed by atoms with Crippen LogP contribution in [0.4, 0.5) is 0 Å². The number of hydrogen-bond donors (Lipinski definition) is 2. The number of β-amino-alcohol motifs (C(OH)–C–C–N with tert-alkyl or cyclic N) is 1. The maximum atomic E-state index is 12.7. The van der Waals surface area contributed by atoms with Gasteiger partial charge in [-0.15, -0.1) is 0 Å². The van der Waals surface area contributed by atoms with E-state index < -0.39 is 5.60 Å². The number of aryl methyl sites for hydroxylation is 2. The van der Waals surface area contributed by atoms with Gasteiger partial charge in [-0.2, -0.15) is 5.10 Å². The molecule has 0 bridgehead atoms. The Balaban J connectivity index is 1.64. The summed E-state index contributed by atoms with van der Waals surface area (Å²) in [5.41, 5.74) is 2.30. The number of ether oxygens (including phenoxy) is 1. The van der Waals surface area contributed by atoms with Crippen molar-refractivity contribution in [3.63, 3.8) is 0 Å². The van der Waals surface area contributed by atoms with Gasteiger partial charge in [-0.25, -0.2) is 0 Å². The van der Waals surface area contributed by atoms with Crippen molar-refractivity contribution in [1.29, 1.82) is 0 Å². The lowest BCUT2D eigenvalue weighted by Gasteiger charge is -2.24. The molecule has 6 nitrogen and oxygen atoms in total. The Morgan fingerprint density at radius 2 is 2.16 bits per heavy atom. The number of nitrogens with one attached hydrogen (secondary N) is 1. The lowest BCUT2D eigenvalue weighted by molar-refractivity contribution is 0.00406. The van der Waals surface area contributed by atoms with Crippen LogP contribution in [-0.4, -0.2) is 51.4 Å². The Bertz CT molecular complexity index is 771. The molecule has 3 rings (SSSR count). The molecule has 1 aliphatic heterocycles. The third-order valence-corrected chi connectivity index (χ3v) is 4.88. The summed E-state index contributed by atoms with van der Waals surface area (Å²) in [6.45, 7) is 6.81. The van der Waals surface area contributed by atoms with Crippen LogP contribution in [0, 0.1) is 13.8 Å². The van der Waals surface area contributed by atoms with Crippen molar-refractivity contribution in [2.45, 2.75) is 39.2 Å². The monoisotopic (exact) mass is 343 g/mol. The number of aliphatic hydroxyl groups is 1. The van der Waals surface area contributed by atoms with Crippen LogP contribution in [0.25, 0.3) is 0 Å². The van der Waals surface area contributed by atoms with Crippen LogP contribution in [-0.2, 0) is 6.42 Å². The van der Waals surface area contributed by atoms with Crippen LogP contribution in [0.1, 0.15) is 40.7 Å². The number of H-pyrrole nitrogens is 1. The Morgan fingerprint density at radius 3 is 2.84 bits per heavy atom. The number of nitrogens with zero attached hydrogens (tertiary/aromatic N) is 2. The second-order valence-corrected chi connectivity index (χ2v) is 6.78. The summed E-state index contributed by atoms with van der Waals surface area (Å²) in [6.07, 6.45) is 1.30. The molecule has 1 atom stereocenters. The molecule has 0 spiro atoms. The first-order chi connectivity index (χ1) is 11.9. The molecule has 6 heteroatoms. The summed E-state index contributed by atoms with van der Waals surface area (Å²) in [5.74, 6) is 0.622. The Hall–Kier alpha value is -2.34. The van der Waals surface area contributed by atoms with Crippen LogP contribution >= 0.6 is 0 Å². The summed E-state index contributed by atoms with van der Waals surface area (Å²) in [6, 6.07) is 7.71. The largest absolute Gasteiger partial charge is 0.490 e. The maximum Gasteiger partial charge on any atom is 0.274 e. The fraction of sp³-hybridized carbons (Fsp3) is 0.474. The summed E-state index contributed by atoms with van der Waals surface area (Å²) >= 11 is 0. The smallest absolute Gasteiger partial charge is 0.274 e. The lowest BCUT2D eigenvalue weighted by atomic mass is 10.1. The molecule has 134 valence electrons. The van der Waals surface area contributed by atoms with E-state index in [0.717, 1.165) is 29.0 Å². The van der Waals surface area contributed by atoms with E-state index in [1.165, 1.54) is 0 Å². The molecule has 0 unspecified atom stereocenters. The van der Waals surface area contributed by atoms with Gasteiger partial charge in [0.25, 0.3) is 5.91 Å². The molecule has 2 aromatic rings. The van der Waals surface area contributed by atoms with E-state index >= 15 is 0 Å². The molecule has 1 aromatic heterocycles. The highest BCUT2D eigenvalue weighted by molar-refractivity contribution is 5.94. The molecule has 0 saturated carbocycles. The topological polar surface area (TPSA) is 78.5 Å². The number of carbonyl (C=O) groups excluding carboxylic acids is 1. The van der Waals surface area contributed by atoms with Gasteiger partial charge in [0.05, 0.1) is 6.54 Å². The third kappa shape index (κ3) is 3.54. The predicted molar refractivity (Wildman–Crippen MR) is 94.8 cm³/mol. The van der Waals surface area contributed by atoms with Crippen molar-refractivity contribution < 1.29 is 14.6 Å². The number of aromatic nitrogens is 2. The molecule has 25 heavy (non-hydrogen) atoms. The van der Waals surface area contributed by atoms with Gasteiger partial charge < -0.3 is 14.7 Å². The Labute approximate surface area is 147 Å². The summed E-state index contributed by atoms with van der Waals surface area (Å²) in [4.78, 5) is 14.4. The second-order valence-electron chi connectivity index (χ2n) is 6.78. The van der Waals surface area contributed by atoms with Gasteiger partial charge in [0, 0.05) is 17.8 Å². The number of para-hydroxylation sites is 1. The van der Waals surface area contributed by atoms with Crippen LogP contribution in [0.5, 0.6) is 5.75 Å². The first-order valence-corrected chi connectivity index (χ1v) is 8.67. The van der Waals surface area contributed by atoms with Crippen LogP contribution in [0.3, 0.4) is 0 Å². The highest BCUT2D eigenvalue weighted by Crippen LogP contribution is 2.26. The summed E-state index contributed by atoms with van der Waals surface area (Å²) in [7, 11) is 0. The SMILES string of the molecule is CCc1[nH]nc(C(=O)N2CC[C@@](O)(COc3ccccc3C)C2)c1C. The molecule has 1 amide bonds. The van der Waals surface area contributed by atoms with Gasteiger partial charge in [-0.3, -0.25) is 9.89 Å². The molecule has 0 radical (unpaired) electrons. The van der Waals surface area contributed by atoms with Gasteiger partial charge in [0.15, 0.2) is 5.69 Å². The van der Waals surface area contributed by atoms with Crippen LogP contribution < -0.4 is 4.74 Å². The quantitative estimate of drug-likeness (QED) is 0.873. The van der Waals surface area contributed by atoms with Gasteiger partial charge in [0.2, 0.25) is 0 Å². The maximum absolute atomic E-state index is 12.7. The van der Waals surface area contributed by atoms with Gasteiger partial charge in [-0.05, 0) is 38.3 Å². The predicted octanol–water partition coefficient (Wildman–Crippen LogP) is 2.24. The van der Waals surface area contributed by atoms with Crippen molar-refractivity contribution >= 4 is 5.91 Å². The molecule has 0 aliphatic carbocycles. The van der Waals surface area contributed by atoms with E-state index in [0.29, 0.717) is 18.7 Å². The number of rotatable bonds is 5. The molecule has 2 heterocycles. The molecule has 2 N–H and O–H groups in total. The molecular formula is C19H25N3O3. The molecule has 1 aromatic carbocycles. The van der Waals surface area contributed by atoms with Crippen molar-refractivity contribution in [1.82, 2.24) is 15.1 Å². The van der Waals surface area contributed by atoms with Crippen molar-refractivity contribution in [2.75, 3.05) is 19.7 Å². The van der Waals surface area contributed by atoms with Crippen LogP contribution in [0.2, 0.25) is 0 Å². The molecule has 1 saturated heterocycles. The zero-order valence-electron chi connectivity index (χ0n) is 15.0. The first kappa shape index (κ1) is 17.5. The zero-order chi connectivity index (χ0) is 18.0. The highest BCUT2D eigenvalue weighted by atomic mass is 16.5. The molecular weight excluding hydrogens is 318 g/mol. The normalized spacial score (nSPS) is 20.1. The molecule has 1 fully saturated rings. The van der Waals surface area contributed by atoms with Gasteiger partial charge in [-0.1, -0.05) is 25.1 Å². The molecule has 1 aliphatic rings. The van der Waals surface area contributed by atoms with Gasteiger partial charge in [0.1, 0.15) is 18.0 Å². The second kappa shape index (κ2) is 6.88. The number of hydrogen-bond acceptors (Lipinski definition) is 4. The number of carbonyl (C=O) groups is 1. The lowest BCUT2D eigenvalue weighted by Crippen LogP contribution is -2.41. The fourth-order valence-corrected chi connectivity index (χ4v) is 3.21. The standard InChI is InChI=1S/C19H25N3O3/c1-4-15-14(3)17(21-20-15)18(23)22-10-9-19(24,11-22)12-25-16-8-6-5-7-13(16)2/h5-8,24H,4,9-12H2,1-3H3,(H,20,21)/t19-/m0/s1. The Morgan fingerprint density at radius 1 is 1.40 bits per heavy atom. The van der Waals surface area contributed by atoms with E-state index in [1.54, 1.807) is 4.90 Å². The highest BCUT2D eigenvalue weighted by Gasteiger charge is 2.40. The first-order valence-electron chi connectivity index (χ1n) is 8.67. The van der Waals surface area contributed by atoms with E-state index in [4.69, 9.17) is 4.74 Å². The van der Waals surface area contributed by atoms with E-state index in [9.17, 15) is 9.90 Å². The third-order valence-electron chi connectivity index (χ3n) is 4.88.